The smallest absolute Gasteiger partial charge is 0.222 e. The molecule has 1 aromatic heterocycles. The summed E-state index contributed by atoms with van der Waals surface area (Å²) in [5.41, 5.74) is 3.41. The average Bonchev–Trinajstić information content (AvgIpc) is 2.68. The molecule has 0 saturated carbocycles. The SMILES string of the molecule is CC1CCN(c2ccc(NCCC(=O)NCc3ccncc3)cc2)CC1. The van der Waals surface area contributed by atoms with E-state index in [1.807, 2.05) is 12.1 Å². The molecule has 1 fully saturated rings. The Morgan fingerprint density at radius 2 is 1.81 bits per heavy atom. The minimum absolute atomic E-state index is 0.0494. The first kappa shape index (κ1) is 18.2. The molecule has 0 bridgehead atoms. The lowest BCUT2D eigenvalue weighted by atomic mass is 9.99. The molecule has 2 aromatic rings. The third kappa shape index (κ3) is 5.48. The van der Waals surface area contributed by atoms with Gasteiger partial charge in [-0.2, -0.15) is 0 Å². The molecular weight excluding hydrogens is 324 g/mol. The molecule has 0 unspecified atom stereocenters. The van der Waals surface area contributed by atoms with E-state index in [9.17, 15) is 4.79 Å². The van der Waals surface area contributed by atoms with Crippen LogP contribution in [0.4, 0.5) is 11.4 Å². The van der Waals surface area contributed by atoms with Crippen LogP contribution in [0.3, 0.4) is 0 Å². The zero-order valence-electron chi connectivity index (χ0n) is 15.4. The van der Waals surface area contributed by atoms with Gasteiger partial charge in [-0.3, -0.25) is 9.78 Å². The van der Waals surface area contributed by atoms with E-state index in [1.165, 1.54) is 18.5 Å². The largest absolute Gasteiger partial charge is 0.385 e. The zero-order valence-corrected chi connectivity index (χ0v) is 15.4. The van der Waals surface area contributed by atoms with E-state index >= 15 is 0 Å². The van der Waals surface area contributed by atoms with Crippen molar-refractivity contribution in [2.75, 3.05) is 29.9 Å². The summed E-state index contributed by atoms with van der Waals surface area (Å²) in [5.74, 6) is 0.894. The molecule has 1 aromatic carbocycles. The van der Waals surface area contributed by atoms with Gasteiger partial charge >= 0.3 is 0 Å². The highest BCUT2D eigenvalue weighted by molar-refractivity contribution is 5.76. The first-order valence-corrected chi connectivity index (χ1v) is 9.45. The lowest BCUT2D eigenvalue weighted by Crippen LogP contribution is -2.32. The summed E-state index contributed by atoms with van der Waals surface area (Å²) in [7, 11) is 0. The Morgan fingerprint density at radius 1 is 1.12 bits per heavy atom. The third-order valence-corrected chi connectivity index (χ3v) is 4.94. The normalized spacial score (nSPS) is 14.9. The minimum Gasteiger partial charge on any atom is -0.385 e. The van der Waals surface area contributed by atoms with Gasteiger partial charge in [-0.25, -0.2) is 0 Å². The molecule has 5 nitrogen and oxygen atoms in total. The number of rotatable bonds is 7. The summed E-state index contributed by atoms with van der Waals surface area (Å²) in [6.45, 7) is 5.79. The molecule has 1 aliphatic rings. The predicted molar refractivity (Wildman–Crippen MR) is 106 cm³/mol. The molecule has 138 valence electrons. The second kappa shape index (κ2) is 9.22. The fourth-order valence-electron chi connectivity index (χ4n) is 3.17. The van der Waals surface area contributed by atoms with Crippen LogP contribution in [0.25, 0.3) is 0 Å². The molecule has 0 radical (unpaired) electrons. The fraction of sp³-hybridized carbons (Fsp3) is 0.429. The number of carbonyl (C=O) groups excluding carboxylic acids is 1. The Bertz CT molecular complexity index is 679. The van der Waals surface area contributed by atoms with Crippen LogP contribution in [0.2, 0.25) is 0 Å². The Morgan fingerprint density at radius 3 is 2.50 bits per heavy atom. The van der Waals surface area contributed by atoms with Crippen LogP contribution in [-0.2, 0) is 11.3 Å². The number of nitrogens with zero attached hydrogens (tertiary/aromatic N) is 2. The molecule has 1 aliphatic heterocycles. The second-order valence-electron chi connectivity index (χ2n) is 7.03. The molecule has 1 saturated heterocycles. The summed E-state index contributed by atoms with van der Waals surface area (Å²) in [6, 6.07) is 12.3. The molecule has 0 aliphatic carbocycles. The summed E-state index contributed by atoms with van der Waals surface area (Å²) in [6.07, 6.45) is 6.47. The van der Waals surface area contributed by atoms with E-state index in [1.54, 1.807) is 12.4 Å². The Labute approximate surface area is 155 Å². The van der Waals surface area contributed by atoms with Crippen molar-refractivity contribution in [1.82, 2.24) is 10.3 Å². The molecule has 2 heterocycles. The van der Waals surface area contributed by atoms with Crippen LogP contribution >= 0.6 is 0 Å². The van der Waals surface area contributed by atoms with Crippen molar-refractivity contribution in [2.24, 2.45) is 5.92 Å². The van der Waals surface area contributed by atoms with Gasteiger partial charge in [0.2, 0.25) is 5.91 Å². The van der Waals surface area contributed by atoms with Crippen LogP contribution in [-0.4, -0.2) is 30.5 Å². The molecule has 2 N–H and O–H groups in total. The van der Waals surface area contributed by atoms with Crippen molar-refractivity contribution in [3.8, 4) is 0 Å². The lowest BCUT2D eigenvalue weighted by molar-refractivity contribution is -0.121. The molecule has 1 amide bonds. The number of nitrogens with one attached hydrogen (secondary N) is 2. The van der Waals surface area contributed by atoms with Gasteiger partial charge in [0.15, 0.2) is 0 Å². The van der Waals surface area contributed by atoms with E-state index in [0.29, 0.717) is 19.5 Å². The van der Waals surface area contributed by atoms with Crippen molar-refractivity contribution in [2.45, 2.75) is 32.7 Å². The zero-order chi connectivity index (χ0) is 18.2. The maximum absolute atomic E-state index is 11.9. The molecule has 0 atom stereocenters. The number of pyridine rings is 1. The highest BCUT2D eigenvalue weighted by Crippen LogP contribution is 2.24. The first-order chi connectivity index (χ1) is 12.7. The van der Waals surface area contributed by atoms with Gasteiger partial charge in [-0.1, -0.05) is 6.92 Å². The van der Waals surface area contributed by atoms with Crippen LogP contribution in [0, 0.1) is 5.92 Å². The van der Waals surface area contributed by atoms with Gasteiger partial charge in [0.05, 0.1) is 0 Å². The van der Waals surface area contributed by atoms with Gasteiger partial charge in [-0.05, 0) is 60.7 Å². The number of piperidine rings is 1. The van der Waals surface area contributed by atoms with Crippen molar-refractivity contribution in [3.05, 3.63) is 54.4 Å². The standard InChI is InChI=1S/C21H28N4O/c1-17-9-14-25(15-10-17)20-4-2-19(3-5-20)23-13-8-21(26)24-16-18-6-11-22-12-7-18/h2-7,11-12,17,23H,8-10,13-16H2,1H3,(H,24,26). The van der Waals surface area contributed by atoms with Gasteiger partial charge in [0.1, 0.15) is 0 Å². The Kier molecular flexibility index (Phi) is 6.47. The molecule has 26 heavy (non-hydrogen) atoms. The number of amides is 1. The van der Waals surface area contributed by atoms with Crippen LogP contribution in [0.15, 0.2) is 48.8 Å². The van der Waals surface area contributed by atoms with Gasteiger partial charge in [0.25, 0.3) is 0 Å². The number of hydrogen-bond donors (Lipinski definition) is 2. The van der Waals surface area contributed by atoms with Crippen molar-refractivity contribution >= 4 is 17.3 Å². The van der Waals surface area contributed by atoms with Gasteiger partial charge in [0, 0.05) is 56.4 Å². The first-order valence-electron chi connectivity index (χ1n) is 9.45. The van der Waals surface area contributed by atoms with Crippen molar-refractivity contribution in [3.63, 3.8) is 0 Å². The number of aromatic nitrogens is 1. The summed E-state index contributed by atoms with van der Waals surface area (Å²) >= 11 is 0. The topological polar surface area (TPSA) is 57.3 Å². The van der Waals surface area contributed by atoms with Crippen LogP contribution < -0.4 is 15.5 Å². The third-order valence-electron chi connectivity index (χ3n) is 4.94. The number of benzene rings is 1. The fourth-order valence-corrected chi connectivity index (χ4v) is 3.17. The monoisotopic (exact) mass is 352 g/mol. The molecule has 0 spiro atoms. The van der Waals surface area contributed by atoms with E-state index < -0.39 is 0 Å². The highest BCUT2D eigenvalue weighted by Gasteiger charge is 2.15. The summed E-state index contributed by atoms with van der Waals surface area (Å²) in [5, 5.41) is 6.25. The molecule has 5 heteroatoms. The Balaban J connectivity index is 1.37. The lowest BCUT2D eigenvalue weighted by Gasteiger charge is -2.32. The number of hydrogen-bond acceptors (Lipinski definition) is 4. The summed E-state index contributed by atoms with van der Waals surface area (Å²) < 4.78 is 0. The van der Waals surface area contributed by atoms with Crippen LogP contribution in [0.5, 0.6) is 0 Å². The quantitative estimate of drug-likeness (QED) is 0.801. The minimum atomic E-state index is 0.0494. The predicted octanol–water partition coefficient (Wildman–Crippen LogP) is 3.44. The molecular formula is C21H28N4O. The maximum atomic E-state index is 11.9. The maximum Gasteiger partial charge on any atom is 0.222 e. The highest BCUT2D eigenvalue weighted by atomic mass is 16.1. The van der Waals surface area contributed by atoms with Gasteiger partial charge in [-0.15, -0.1) is 0 Å². The molecule has 3 rings (SSSR count). The summed E-state index contributed by atoms with van der Waals surface area (Å²) in [4.78, 5) is 18.3. The average molecular weight is 352 g/mol. The second-order valence-corrected chi connectivity index (χ2v) is 7.03. The van der Waals surface area contributed by atoms with E-state index in [2.05, 4.69) is 51.7 Å². The van der Waals surface area contributed by atoms with E-state index in [4.69, 9.17) is 0 Å². The van der Waals surface area contributed by atoms with E-state index in [0.717, 1.165) is 30.3 Å². The van der Waals surface area contributed by atoms with Crippen LogP contribution in [0.1, 0.15) is 31.7 Å². The van der Waals surface area contributed by atoms with Gasteiger partial charge < -0.3 is 15.5 Å². The van der Waals surface area contributed by atoms with E-state index in [-0.39, 0.29) is 5.91 Å². The van der Waals surface area contributed by atoms with Crippen molar-refractivity contribution < 1.29 is 4.79 Å². The number of anilines is 2. The Hall–Kier alpha value is -2.56. The van der Waals surface area contributed by atoms with Crippen molar-refractivity contribution in [1.29, 1.82) is 0 Å². The number of carbonyl (C=O) groups is 1.